The number of halogens is 2. The molecule has 96 valence electrons. The molecule has 0 bridgehead atoms. The number of aromatic nitrogens is 2. The molecule has 6 heteroatoms. The van der Waals surface area contributed by atoms with Crippen LogP contribution in [0.5, 0.6) is 0 Å². The zero-order valence-electron chi connectivity index (χ0n) is 9.70. The maximum Gasteiger partial charge on any atom is 0.248 e. The maximum absolute atomic E-state index is 13.4. The van der Waals surface area contributed by atoms with Crippen molar-refractivity contribution >= 4 is 27.4 Å². The average molecular weight is 269 g/mol. The molecule has 2 N–H and O–H groups in total. The van der Waals surface area contributed by atoms with E-state index in [1.165, 1.54) is 11.3 Å². The van der Waals surface area contributed by atoms with Crippen LogP contribution >= 0.6 is 11.3 Å². The van der Waals surface area contributed by atoms with Crippen LogP contribution in [-0.2, 0) is 0 Å². The average Bonchev–Trinajstić information content (AvgIpc) is 2.76. The lowest BCUT2D eigenvalue weighted by Crippen LogP contribution is -2.26. The monoisotopic (exact) mass is 269 g/mol. The number of alkyl halides is 2. The Labute approximate surface area is 107 Å². The number of nitrogens with zero attached hydrogens (tertiary/aromatic N) is 2. The summed E-state index contributed by atoms with van der Waals surface area (Å²) in [4.78, 5) is 9.37. The van der Waals surface area contributed by atoms with Crippen LogP contribution in [-0.4, -0.2) is 15.9 Å². The number of thiophene rings is 1. The van der Waals surface area contributed by atoms with Gasteiger partial charge in [-0.3, -0.25) is 0 Å². The Balaban J connectivity index is 1.98. The zero-order valence-corrected chi connectivity index (χ0v) is 10.5. The summed E-state index contributed by atoms with van der Waals surface area (Å²) < 4.78 is 26.8. The highest BCUT2D eigenvalue weighted by molar-refractivity contribution is 7.16. The normalized spacial score (nSPS) is 23.3. The standard InChI is InChI=1S/C12H13F2N3S/c13-12(14)4-1-2-7(6-12)10-16-9(15)8-3-5-18-11(8)17-10/h3,5,7H,1-2,4,6H2,(H2,15,16,17). The summed E-state index contributed by atoms with van der Waals surface area (Å²) in [5.74, 6) is -2.00. The van der Waals surface area contributed by atoms with Crippen molar-refractivity contribution in [2.45, 2.75) is 37.5 Å². The second-order valence-corrected chi connectivity index (χ2v) is 5.65. The predicted octanol–water partition coefficient (Wildman–Crippen LogP) is 3.57. The van der Waals surface area contributed by atoms with E-state index in [-0.39, 0.29) is 18.8 Å². The van der Waals surface area contributed by atoms with Gasteiger partial charge in [0.25, 0.3) is 0 Å². The summed E-state index contributed by atoms with van der Waals surface area (Å²) in [6.45, 7) is 0. The number of anilines is 1. The maximum atomic E-state index is 13.4. The van der Waals surface area contributed by atoms with Gasteiger partial charge in [-0.05, 0) is 24.3 Å². The lowest BCUT2D eigenvalue weighted by molar-refractivity contribution is -0.0416. The molecule has 1 aliphatic carbocycles. The van der Waals surface area contributed by atoms with Gasteiger partial charge in [0.1, 0.15) is 16.5 Å². The van der Waals surface area contributed by atoms with E-state index in [1.54, 1.807) is 0 Å². The van der Waals surface area contributed by atoms with Crippen LogP contribution in [0.2, 0.25) is 0 Å². The van der Waals surface area contributed by atoms with Crippen LogP contribution < -0.4 is 5.73 Å². The van der Waals surface area contributed by atoms with E-state index in [1.807, 2.05) is 11.4 Å². The molecule has 3 nitrogen and oxygen atoms in total. The van der Waals surface area contributed by atoms with Crippen molar-refractivity contribution in [2.75, 3.05) is 5.73 Å². The summed E-state index contributed by atoms with van der Waals surface area (Å²) in [6, 6.07) is 1.86. The van der Waals surface area contributed by atoms with Gasteiger partial charge in [-0.25, -0.2) is 18.7 Å². The minimum Gasteiger partial charge on any atom is -0.383 e. The van der Waals surface area contributed by atoms with Crippen molar-refractivity contribution in [1.82, 2.24) is 9.97 Å². The Hall–Kier alpha value is -1.30. The lowest BCUT2D eigenvalue weighted by Gasteiger charge is -2.27. The first-order chi connectivity index (χ1) is 8.55. The molecular weight excluding hydrogens is 256 g/mol. The topological polar surface area (TPSA) is 51.8 Å². The summed E-state index contributed by atoms with van der Waals surface area (Å²) in [6.07, 6.45) is 1.04. The second-order valence-electron chi connectivity index (χ2n) is 4.76. The van der Waals surface area contributed by atoms with Gasteiger partial charge >= 0.3 is 0 Å². The number of fused-ring (bicyclic) bond motifs is 1. The fourth-order valence-corrected chi connectivity index (χ4v) is 3.25. The van der Waals surface area contributed by atoms with Gasteiger partial charge in [-0.1, -0.05) is 0 Å². The first-order valence-corrected chi connectivity index (χ1v) is 6.81. The zero-order chi connectivity index (χ0) is 12.8. The van der Waals surface area contributed by atoms with Crippen LogP contribution in [0.4, 0.5) is 14.6 Å². The van der Waals surface area contributed by atoms with Crippen molar-refractivity contribution < 1.29 is 8.78 Å². The van der Waals surface area contributed by atoms with E-state index in [0.29, 0.717) is 24.5 Å². The highest BCUT2D eigenvalue weighted by atomic mass is 32.1. The molecule has 0 radical (unpaired) electrons. The molecule has 0 spiro atoms. The minimum absolute atomic E-state index is 0.0276. The van der Waals surface area contributed by atoms with Gasteiger partial charge in [0.05, 0.1) is 5.39 Å². The second kappa shape index (κ2) is 4.12. The molecule has 1 fully saturated rings. The molecule has 18 heavy (non-hydrogen) atoms. The van der Waals surface area contributed by atoms with Crippen LogP contribution in [0.1, 0.15) is 37.4 Å². The Bertz CT molecular complexity index is 582. The Morgan fingerprint density at radius 1 is 1.39 bits per heavy atom. The summed E-state index contributed by atoms with van der Waals surface area (Å²) in [5, 5.41) is 2.70. The van der Waals surface area contributed by atoms with Crippen LogP contribution in [0.3, 0.4) is 0 Å². The molecule has 0 saturated heterocycles. The van der Waals surface area contributed by atoms with Gasteiger partial charge in [-0.15, -0.1) is 11.3 Å². The van der Waals surface area contributed by atoms with Crippen molar-refractivity contribution in [1.29, 1.82) is 0 Å². The Morgan fingerprint density at radius 3 is 3.00 bits per heavy atom. The van der Waals surface area contributed by atoms with E-state index in [9.17, 15) is 8.78 Å². The van der Waals surface area contributed by atoms with E-state index >= 15 is 0 Å². The van der Waals surface area contributed by atoms with Gasteiger partial charge in [0.2, 0.25) is 5.92 Å². The summed E-state index contributed by atoms with van der Waals surface area (Å²) >= 11 is 1.46. The van der Waals surface area contributed by atoms with E-state index in [2.05, 4.69) is 9.97 Å². The Morgan fingerprint density at radius 2 is 2.22 bits per heavy atom. The molecule has 1 aliphatic rings. The first kappa shape index (κ1) is 11.8. The quantitative estimate of drug-likeness (QED) is 0.861. The van der Waals surface area contributed by atoms with Crippen LogP contribution in [0, 0.1) is 0 Å². The molecule has 0 amide bonds. The molecular formula is C12H13F2N3S. The van der Waals surface area contributed by atoms with Crippen molar-refractivity contribution in [3.05, 3.63) is 17.3 Å². The third-order valence-corrected chi connectivity index (χ3v) is 4.18. The van der Waals surface area contributed by atoms with Gasteiger partial charge in [0, 0.05) is 18.8 Å². The fourth-order valence-electron chi connectivity index (χ4n) is 2.47. The third-order valence-electron chi connectivity index (χ3n) is 3.38. The summed E-state index contributed by atoms with van der Waals surface area (Å²) in [7, 11) is 0. The SMILES string of the molecule is Nc1nc(C2CCCC(F)(F)C2)nc2sccc12. The third kappa shape index (κ3) is 2.05. The van der Waals surface area contributed by atoms with Gasteiger partial charge < -0.3 is 5.73 Å². The smallest absolute Gasteiger partial charge is 0.248 e. The molecule has 2 heterocycles. The molecule has 1 saturated carbocycles. The van der Waals surface area contributed by atoms with E-state index in [0.717, 1.165) is 10.2 Å². The van der Waals surface area contributed by atoms with Crippen LogP contribution in [0.25, 0.3) is 10.2 Å². The molecule has 1 atom stereocenters. The molecule has 0 aliphatic heterocycles. The van der Waals surface area contributed by atoms with Gasteiger partial charge in [0.15, 0.2) is 0 Å². The number of rotatable bonds is 1. The molecule has 2 aromatic heterocycles. The molecule has 1 unspecified atom stereocenters. The first-order valence-electron chi connectivity index (χ1n) is 5.94. The molecule has 2 aromatic rings. The highest BCUT2D eigenvalue weighted by Gasteiger charge is 2.38. The lowest BCUT2D eigenvalue weighted by atomic mass is 9.86. The van der Waals surface area contributed by atoms with Gasteiger partial charge in [-0.2, -0.15) is 0 Å². The number of hydrogen-bond acceptors (Lipinski definition) is 4. The number of nitrogens with two attached hydrogens (primary N) is 1. The predicted molar refractivity (Wildman–Crippen MR) is 68.0 cm³/mol. The summed E-state index contributed by atoms with van der Waals surface area (Å²) in [5.41, 5.74) is 5.84. The molecule has 3 rings (SSSR count). The number of nitrogen functional groups attached to an aromatic ring is 1. The van der Waals surface area contributed by atoms with Crippen molar-refractivity contribution in [3.8, 4) is 0 Å². The van der Waals surface area contributed by atoms with Crippen molar-refractivity contribution in [3.63, 3.8) is 0 Å². The van der Waals surface area contributed by atoms with Crippen molar-refractivity contribution in [2.24, 2.45) is 0 Å². The fraction of sp³-hybridized carbons (Fsp3) is 0.500. The number of hydrogen-bond donors (Lipinski definition) is 1. The minimum atomic E-state index is -2.59. The van der Waals surface area contributed by atoms with E-state index < -0.39 is 5.92 Å². The molecule has 0 aromatic carbocycles. The highest BCUT2D eigenvalue weighted by Crippen LogP contribution is 2.41. The van der Waals surface area contributed by atoms with Crippen LogP contribution in [0.15, 0.2) is 11.4 Å². The van der Waals surface area contributed by atoms with E-state index in [4.69, 9.17) is 5.73 Å². The largest absolute Gasteiger partial charge is 0.383 e. The Kier molecular flexibility index (Phi) is 2.69.